The fourth-order valence-corrected chi connectivity index (χ4v) is 4.22. The minimum Gasteiger partial charge on any atom is -0.497 e. The van der Waals surface area contributed by atoms with Crippen molar-refractivity contribution < 1.29 is 4.74 Å². The SMILES string of the molecule is CCNC1c2cc(OC)ccc2CC1SCCN(C)C. The Kier molecular flexibility index (Phi) is 5.75. The molecule has 0 spiro atoms. The second kappa shape index (κ2) is 7.34. The highest BCUT2D eigenvalue weighted by molar-refractivity contribution is 8.00. The molecule has 0 heterocycles. The van der Waals surface area contributed by atoms with E-state index in [0.29, 0.717) is 11.3 Å². The Morgan fingerprint density at radius 1 is 1.40 bits per heavy atom. The minimum atomic E-state index is 0.456. The number of nitrogens with zero attached hydrogens (tertiary/aromatic N) is 1. The lowest BCUT2D eigenvalue weighted by molar-refractivity contribution is 0.413. The zero-order chi connectivity index (χ0) is 14.5. The van der Waals surface area contributed by atoms with Crippen LogP contribution in [0.2, 0.25) is 0 Å². The third-order valence-corrected chi connectivity index (χ3v) is 5.06. The average Bonchev–Trinajstić information content (AvgIpc) is 2.76. The summed E-state index contributed by atoms with van der Waals surface area (Å²) < 4.78 is 5.37. The summed E-state index contributed by atoms with van der Waals surface area (Å²) in [6.45, 7) is 4.32. The maximum atomic E-state index is 5.37. The van der Waals surface area contributed by atoms with Crippen LogP contribution in [-0.4, -0.2) is 50.2 Å². The van der Waals surface area contributed by atoms with Crippen LogP contribution in [0.1, 0.15) is 24.1 Å². The number of nitrogens with one attached hydrogen (secondary N) is 1. The second-order valence-corrected chi connectivity index (χ2v) is 6.86. The van der Waals surface area contributed by atoms with Gasteiger partial charge in [0.15, 0.2) is 0 Å². The molecule has 1 aliphatic rings. The molecule has 1 N–H and O–H groups in total. The molecule has 0 aromatic heterocycles. The van der Waals surface area contributed by atoms with Gasteiger partial charge in [-0.3, -0.25) is 0 Å². The van der Waals surface area contributed by atoms with Gasteiger partial charge in [0.1, 0.15) is 5.75 Å². The van der Waals surface area contributed by atoms with Crippen LogP contribution in [0.5, 0.6) is 5.75 Å². The van der Waals surface area contributed by atoms with Crippen molar-refractivity contribution in [3.8, 4) is 5.75 Å². The van der Waals surface area contributed by atoms with Crippen molar-refractivity contribution in [2.75, 3.05) is 40.0 Å². The Morgan fingerprint density at radius 2 is 2.20 bits per heavy atom. The van der Waals surface area contributed by atoms with E-state index in [1.165, 1.54) is 16.9 Å². The van der Waals surface area contributed by atoms with Crippen molar-refractivity contribution in [3.05, 3.63) is 29.3 Å². The van der Waals surface area contributed by atoms with E-state index in [0.717, 1.165) is 25.3 Å². The summed E-state index contributed by atoms with van der Waals surface area (Å²) >= 11 is 2.09. The van der Waals surface area contributed by atoms with Crippen molar-refractivity contribution in [2.45, 2.75) is 24.6 Å². The lowest BCUT2D eigenvalue weighted by Gasteiger charge is -2.22. The molecule has 3 nitrogen and oxygen atoms in total. The Morgan fingerprint density at radius 3 is 2.85 bits per heavy atom. The first kappa shape index (κ1) is 15.7. The number of benzene rings is 1. The molecule has 0 saturated heterocycles. The molecule has 2 unspecified atom stereocenters. The van der Waals surface area contributed by atoms with E-state index in [9.17, 15) is 0 Å². The summed E-state index contributed by atoms with van der Waals surface area (Å²) in [5.41, 5.74) is 2.90. The highest BCUT2D eigenvalue weighted by atomic mass is 32.2. The van der Waals surface area contributed by atoms with Crippen LogP contribution in [0.25, 0.3) is 0 Å². The van der Waals surface area contributed by atoms with Crippen LogP contribution in [-0.2, 0) is 6.42 Å². The highest BCUT2D eigenvalue weighted by Gasteiger charge is 2.32. The van der Waals surface area contributed by atoms with Crippen LogP contribution in [0.4, 0.5) is 0 Å². The van der Waals surface area contributed by atoms with E-state index >= 15 is 0 Å². The van der Waals surface area contributed by atoms with Crippen LogP contribution in [0, 0.1) is 0 Å². The van der Waals surface area contributed by atoms with Crippen LogP contribution in [0.15, 0.2) is 18.2 Å². The van der Waals surface area contributed by atoms with E-state index < -0.39 is 0 Å². The van der Waals surface area contributed by atoms with Crippen molar-refractivity contribution >= 4 is 11.8 Å². The van der Waals surface area contributed by atoms with Gasteiger partial charge in [-0.15, -0.1) is 0 Å². The first-order chi connectivity index (χ1) is 9.65. The van der Waals surface area contributed by atoms with E-state index in [2.05, 4.69) is 61.2 Å². The molecule has 0 saturated carbocycles. The standard InChI is InChI=1S/C16H26N2OS/c1-5-17-16-14-11-13(19-4)7-6-12(14)10-15(16)20-9-8-18(2)3/h6-7,11,15-17H,5,8-10H2,1-4H3. The Hall–Kier alpha value is -0.710. The summed E-state index contributed by atoms with van der Waals surface area (Å²) in [6.07, 6.45) is 1.16. The van der Waals surface area contributed by atoms with Crippen molar-refractivity contribution in [3.63, 3.8) is 0 Å². The first-order valence-corrected chi connectivity index (χ1v) is 8.37. The molecular weight excluding hydrogens is 268 g/mol. The molecular formula is C16H26N2OS. The third kappa shape index (κ3) is 3.68. The van der Waals surface area contributed by atoms with E-state index in [4.69, 9.17) is 4.74 Å². The number of hydrogen-bond donors (Lipinski definition) is 1. The van der Waals surface area contributed by atoms with Gasteiger partial charge in [-0.05, 0) is 50.3 Å². The zero-order valence-corrected chi connectivity index (χ0v) is 13.8. The van der Waals surface area contributed by atoms with E-state index in [1.54, 1.807) is 7.11 Å². The van der Waals surface area contributed by atoms with Crippen LogP contribution in [0.3, 0.4) is 0 Å². The summed E-state index contributed by atoms with van der Waals surface area (Å²) in [7, 11) is 6.01. The number of fused-ring (bicyclic) bond motifs is 1. The third-order valence-electron chi connectivity index (χ3n) is 3.78. The molecule has 0 radical (unpaired) electrons. The number of methoxy groups -OCH3 is 1. The normalized spacial score (nSPS) is 21.2. The lowest BCUT2D eigenvalue weighted by Crippen LogP contribution is -2.28. The topological polar surface area (TPSA) is 24.5 Å². The van der Waals surface area contributed by atoms with Gasteiger partial charge in [-0.25, -0.2) is 0 Å². The number of ether oxygens (including phenoxy) is 1. The van der Waals surface area contributed by atoms with Gasteiger partial charge >= 0.3 is 0 Å². The van der Waals surface area contributed by atoms with Gasteiger partial charge in [0.2, 0.25) is 0 Å². The minimum absolute atomic E-state index is 0.456. The Labute approximate surface area is 127 Å². The molecule has 0 fully saturated rings. The smallest absolute Gasteiger partial charge is 0.119 e. The summed E-state index contributed by atoms with van der Waals surface area (Å²) in [6, 6.07) is 6.96. The Balaban J connectivity index is 2.08. The van der Waals surface area contributed by atoms with Crippen molar-refractivity contribution in [2.24, 2.45) is 0 Å². The van der Waals surface area contributed by atoms with E-state index in [1.807, 2.05) is 0 Å². The molecule has 1 aromatic carbocycles. The molecule has 2 rings (SSSR count). The predicted octanol–water partition coefficient (Wildman–Crippen LogP) is 2.57. The second-order valence-electron chi connectivity index (χ2n) is 5.52. The van der Waals surface area contributed by atoms with Gasteiger partial charge in [-0.1, -0.05) is 13.0 Å². The maximum absolute atomic E-state index is 5.37. The van der Waals surface area contributed by atoms with Gasteiger partial charge in [0.05, 0.1) is 7.11 Å². The first-order valence-electron chi connectivity index (χ1n) is 7.32. The molecule has 1 aliphatic carbocycles. The van der Waals surface area contributed by atoms with Crippen molar-refractivity contribution in [1.29, 1.82) is 0 Å². The molecule has 0 aliphatic heterocycles. The summed E-state index contributed by atoms with van der Waals surface area (Å²) in [5.74, 6) is 2.15. The lowest BCUT2D eigenvalue weighted by atomic mass is 10.1. The zero-order valence-electron chi connectivity index (χ0n) is 13.0. The molecule has 112 valence electrons. The van der Waals surface area contributed by atoms with Crippen molar-refractivity contribution in [1.82, 2.24) is 10.2 Å². The fourth-order valence-electron chi connectivity index (χ4n) is 2.71. The molecule has 20 heavy (non-hydrogen) atoms. The van der Waals surface area contributed by atoms with E-state index in [-0.39, 0.29) is 0 Å². The molecule has 2 atom stereocenters. The van der Waals surface area contributed by atoms with Gasteiger partial charge < -0.3 is 15.0 Å². The number of rotatable bonds is 7. The molecule has 0 bridgehead atoms. The number of hydrogen-bond acceptors (Lipinski definition) is 4. The van der Waals surface area contributed by atoms with Gasteiger partial charge in [0, 0.05) is 23.6 Å². The molecule has 4 heteroatoms. The molecule has 0 amide bonds. The fraction of sp³-hybridized carbons (Fsp3) is 0.625. The summed E-state index contributed by atoms with van der Waals surface area (Å²) in [5, 5.41) is 4.29. The van der Waals surface area contributed by atoms with Crippen LogP contribution < -0.4 is 10.1 Å². The Bertz CT molecular complexity index is 436. The van der Waals surface area contributed by atoms with Gasteiger partial charge in [0.25, 0.3) is 0 Å². The number of thioether (sulfide) groups is 1. The maximum Gasteiger partial charge on any atom is 0.119 e. The van der Waals surface area contributed by atoms with Gasteiger partial charge in [-0.2, -0.15) is 11.8 Å². The monoisotopic (exact) mass is 294 g/mol. The molecule has 1 aromatic rings. The summed E-state index contributed by atoms with van der Waals surface area (Å²) in [4.78, 5) is 2.25. The quantitative estimate of drug-likeness (QED) is 0.835. The average molecular weight is 294 g/mol. The highest BCUT2D eigenvalue weighted by Crippen LogP contribution is 2.40. The van der Waals surface area contributed by atoms with Crippen LogP contribution >= 0.6 is 11.8 Å². The largest absolute Gasteiger partial charge is 0.497 e. The predicted molar refractivity (Wildman–Crippen MR) is 87.9 cm³/mol.